The van der Waals surface area contributed by atoms with Crippen LogP contribution in [0.1, 0.15) is 11.4 Å². The molecule has 0 spiro atoms. The van der Waals surface area contributed by atoms with Gasteiger partial charge in [0.15, 0.2) is 0 Å². The minimum Gasteiger partial charge on any atom is -0.367 e. The summed E-state index contributed by atoms with van der Waals surface area (Å²) in [4.78, 5) is 15.3. The number of nitrogens with one attached hydrogen (secondary N) is 1. The van der Waals surface area contributed by atoms with Crippen molar-refractivity contribution in [3.05, 3.63) is 29.6 Å². The van der Waals surface area contributed by atoms with E-state index < -0.39 is 0 Å². The molecule has 2 rings (SSSR count). The highest BCUT2D eigenvalue weighted by molar-refractivity contribution is 5.77. The molecule has 96 valence electrons. The number of hydrazine groups is 1. The summed E-state index contributed by atoms with van der Waals surface area (Å²) < 4.78 is 7.26. The fraction of sp³-hybridized carbons (Fsp3) is 0.333. The number of carbonyl (C=O) groups excluding carboxylic acids is 1. The van der Waals surface area contributed by atoms with E-state index in [1.807, 2.05) is 42.2 Å². The second-order valence-electron chi connectivity index (χ2n) is 4.10. The Labute approximate surface area is 105 Å². The normalized spacial score (nSPS) is 10.8. The van der Waals surface area contributed by atoms with Crippen LogP contribution in [-0.2, 0) is 23.2 Å². The van der Waals surface area contributed by atoms with Gasteiger partial charge >= 0.3 is 0 Å². The van der Waals surface area contributed by atoms with Gasteiger partial charge < -0.3 is 9.30 Å². The van der Waals surface area contributed by atoms with Crippen LogP contribution in [0, 0.1) is 6.92 Å². The first-order chi connectivity index (χ1) is 8.61. The molecule has 0 unspecified atom stereocenters. The molecule has 0 aliphatic carbocycles. The lowest BCUT2D eigenvalue weighted by molar-refractivity contribution is -0.126. The molecule has 0 radical (unpaired) electrons. The molecule has 0 saturated carbocycles. The fourth-order valence-electron chi connectivity index (χ4n) is 1.76. The summed E-state index contributed by atoms with van der Waals surface area (Å²) in [5.41, 5.74) is 5.00. The third kappa shape index (κ3) is 2.49. The van der Waals surface area contributed by atoms with Crippen LogP contribution >= 0.6 is 0 Å². The first-order valence-electron chi connectivity index (χ1n) is 5.61. The molecule has 1 aromatic heterocycles. The van der Waals surface area contributed by atoms with E-state index in [-0.39, 0.29) is 12.5 Å². The van der Waals surface area contributed by atoms with E-state index in [2.05, 4.69) is 4.98 Å². The van der Waals surface area contributed by atoms with Crippen LogP contribution in [0.2, 0.25) is 0 Å². The average Bonchev–Trinajstić information content (AvgIpc) is 2.64. The van der Waals surface area contributed by atoms with Crippen molar-refractivity contribution in [2.75, 3.05) is 6.61 Å². The predicted octanol–water partition coefficient (Wildman–Crippen LogP) is 0.388. The van der Waals surface area contributed by atoms with Crippen LogP contribution in [-0.4, -0.2) is 22.1 Å². The SMILES string of the molecule is Cc1nc2cc(COCC(=O)NN)ccc2n1C. The number of rotatable bonds is 4. The summed E-state index contributed by atoms with van der Waals surface area (Å²) in [5, 5.41) is 0. The zero-order chi connectivity index (χ0) is 13.1. The molecule has 0 fully saturated rings. The maximum absolute atomic E-state index is 10.9. The Balaban J connectivity index is 2.08. The molecular formula is C12H16N4O2. The lowest BCUT2D eigenvalue weighted by Gasteiger charge is -2.03. The van der Waals surface area contributed by atoms with Crippen molar-refractivity contribution in [1.82, 2.24) is 15.0 Å². The maximum atomic E-state index is 10.9. The summed E-state index contributed by atoms with van der Waals surface area (Å²) in [7, 11) is 1.98. The van der Waals surface area contributed by atoms with Crippen molar-refractivity contribution in [1.29, 1.82) is 0 Å². The maximum Gasteiger partial charge on any atom is 0.259 e. The standard InChI is InChI=1S/C12H16N4O2/c1-8-14-10-5-9(3-4-11(10)16(8)2)6-18-7-12(17)15-13/h3-5H,6-7,13H2,1-2H3,(H,15,17). The van der Waals surface area contributed by atoms with Crippen molar-refractivity contribution in [2.45, 2.75) is 13.5 Å². The van der Waals surface area contributed by atoms with Gasteiger partial charge in [0.25, 0.3) is 5.91 Å². The molecule has 0 bridgehead atoms. The van der Waals surface area contributed by atoms with Crippen molar-refractivity contribution in [3.63, 3.8) is 0 Å². The summed E-state index contributed by atoms with van der Waals surface area (Å²) in [5.74, 6) is 5.57. The number of hydrogen-bond acceptors (Lipinski definition) is 4. The van der Waals surface area contributed by atoms with Crippen LogP contribution in [0.25, 0.3) is 11.0 Å². The fourth-order valence-corrected chi connectivity index (χ4v) is 1.76. The largest absolute Gasteiger partial charge is 0.367 e. The Kier molecular flexibility index (Phi) is 3.59. The van der Waals surface area contributed by atoms with E-state index in [9.17, 15) is 4.79 Å². The molecule has 0 aliphatic rings. The molecule has 2 aromatic rings. The zero-order valence-electron chi connectivity index (χ0n) is 10.4. The summed E-state index contributed by atoms with van der Waals surface area (Å²) in [6.45, 7) is 2.27. The number of benzene rings is 1. The lowest BCUT2D eigenvalue weighted by Crippen LogP contribution is -2.33. The van der Waals surface area contributed by atoms with E-state index in [1.54, 1.807) is 0 Å². The molecule has 0 aliphatic heterocycles. The molecule has 1 aromatic carbocycles. The Morgan fingerprint density at radius 2 is 2.33 bits per heavy atom. The summed E-state index contributed by atoms with van der Waals surface area (Å²) in [6.07, 6.45) is 0. The van der Waals surface area contributed by atoms with Crippen molar-refractivity contribution in [2.24, 2.45) is 12.9 Å². The Bertz CT molecular complexity index is 577. The Morgan fingerprint density at radius 3 is 3.06 bits per heavy atom. The minimum absolute atomic E-state index is 0.0459. The van der Waals surface area contributed by atoms with Gasteiger partial charge in [0.05, 0.1) is 17.6 Å². The second-order valence-corrected chi connectivity index (χ2v) is 4.10. The number of carbonyl (C=O) groups is 1. The number of ether oxygens (including phenoxy) is 1. The highest BCUT2D eigenvalue weighted by atomic mass is 16.5. The van der Waals surface area contributed by atoms with Crippen molar-refractivity contribution < 1.29 is 9.53 Å². The monoisotopic (exact) mass is 248 g/mol. The third-order valence-electron chi connectivity index (χ3n) is 2.83. The number of fused-ring (bicyclic) bond motifs is 1. The van der Waals surface area contributed by atoms with Gasteiger partial charge in [-0.15, -0.1) is 0 Å². The van der Waals surface area contributed by atoms with Crippen LogP contribution in [0.5, 0.6) is 0 Å². The number of hydrogen-bond donors (Lipinski definition) is 2. The number of imidazole rings is 1. The van der Waals surface area contributed by atoms with Gasteiger partial charge in [0.1, 0.15) is 12.4 Å². The minimum atomic E-state index is -0.343. The average molecular weight is 248 g/mol. The molecule has 0 saturated heterocycles. The molecule has 6 heteroatoms. The van der Waals surface area contributed by atoms with Gasteiger partial charge in [-0.3, -0.25) is 10.2 Å². The van der Waals surface area contributed by atoms with Gasteiger partial charge in [-0.25, -0.2) is 10.8 Å². The number of amides is 1. The van der Waals surface area contributed by atoms with Crippen molar-refractivity contribution >= 4 is 16.9 Å². The Hall–Kier alpha value is -1.92. The molecule has 18 heavy (non-hydrogen) atoms. The molecule has 3 N–H and O–H groups in total. The van der Waals surface area contributed by atoms with Crippen LogP contribution in [0.3, 0.4) is 0 Å². The van der Waals surface area contributed by atoms with E-state index in [1.165, 1.54) is 0 Å². The molecule has 1 heterocycles. The van der Waals surface area contributed by atoms with Crippen LogP contribution in [0.15, 0.2) is 18.2 Å². The molecule has 6 nitrogen and oxygen atoms in total. The number of nitrogens with two attached hydrogens (primary N) is 1. The van der Waals surface area contributed by atoms with Gasteiger partial charge in [-0.05, 0) is 24.6 Å². The first-order valence-corrected chi connectivity index (χ1v) is 5.61. The number of aryl methyl sites for hydroxylation is 2. The zero-order valence-corrected chi connectivity index (χ0v) is 10.4. The molecule has 1 amide bonds. The smallest absolute Gasteiger partial charge is 0.259 e. The summed E-state index contributed by atoms with van der Waals surface area (Å²) >= 11 is 0. The summed E-state index contributed by atoms with van der Waals surface area (Å²) in [6, 6.07) is 5.92. The Morgan fingerprint density at radius 1 is 1.56 bits per heavy atom. The van der Waals surface area contributed by atoms with E-state index in [4.69, 9.17) is 10.6 Å². The van der Waals surface area contributed by atoms with Gasteiger partial charge in [0, 0.05) is 7.05 Å². The second kappa shape index (κ2) is 5.16. The van der Waals surface area contributed by atoms with Gasteiger partial charge in [-0.1, -0.05) is 6.07 Å². The highest BCUT2D eigenvalue weighted by Crippen LogP contribution is 2.16. The quantitative estimate of drug-likeness (QED) is 0.466. The predicted molar refractivity (Wildman–Crippen MR) is 67.4 cm³/mol. The van der Waals surface area contributed by atoms with Gasteiger partial charge in [-0.2, -0.15) is 0 Å². The highest BCUT2D eigenvalue weighted by Gasteiger charge is 2.05. The third-order valence-corrected chi connectivity index (χ3v) is 2.83. The molecule has 0 atom stereocenters. The van der Waals surface area contributed by atoms with E-state index in [0.29, 0.717) is 6.61 Å². The van der Waals surface area contributed by atoms with Crippen molar-refractivity contribution in [3.8, 4) is 0 Å². The van der Waals surface area contributed by atoms with E-state index in [0.717, 1.165) is 22.4 Å². The van der Waals surface area contributed by atoms with Crippen LogP contribution in [0.4, 0.5) is 0 Å². The van der Waals surface area contributed by atoms with Crippen LogP contribution < -0.4 is 11.3 Å². The first kappa shape index (κ1) is 12.5. The number of nitrogens with zero attached hydrogens (tertiary/aromatic N) is 2. The van der Waals surface area contributed by atoms with E-state index >= 15 is 0 Å². The molecular weight excluding hydrogens is 232 g/mol. The number of aromatic nitrogens is 2. The topological polar surface area (TPSA) is 82.2 Å². The van der Waals surface area contributed by atoms with Gasteiger partial charge in [0.2, 0.25) is 0 Å². The lowest BCUT2D eigenvalue weighted by atomic mass is 10.2.